The first kappa shape index (κ1) is 41.7. The molecule has 0 bridgehead atoms. The van der Waals surface area contributed by atoms with Crippen LogP contribution < -0.4 is 42.4 Å². The molecular weight excluding hydrogens is 515 g/mol. The van der Waals surface area contributed by atoms with E-state index in [1.165, 1.54) is 36.4 Å². The molecule has 1 aliphatic heterocycles. The summed E-state index contributed by atoms with van der Waals surface area (Å²) in [6.07, 6.45) is 1.97. The number of benzene rings is 2. The van der Waals surface area contributed by atoms with Gasteiger partial charge in [0.15, 0.2) is 0 Å². The van der Waals surface area contributed by atoms with Crippen LogP contribution >= 0.6 is 0 Å². The predicted molar refractivity (Wildman–Crippen MR) is 144 cm³/mol. The summed E-state index contributed by atoms with van der Waals surface area (Å²) in [5.41, 5.74) is 0.166. The normalized spacial score (nSPS) is 14.5. The van der Waals surface area contributed by atoms with Gasteiger partial charge >= 0.3 is 37.7 Å². The van der Waals surface area contributed by atoms with Crippen molar-refractivity contribution in [1.82, 2.24) is 4.90 Å². The molecule has 12 heteroatoms. The number of nitrogens with one attached hydrogen (secondary N) is 2. The molecular formula is C26H38FLi2N3O4S2-4. The summed E-state index contributed by atoms with van der Waals surface area (Å²) in [7, 11) is -5.81. The SMILES string of the molecule is N=[S-](=O)c1ccc(S(=O)(=O)Nc2[c-]c(F)ccc2)cc1.[CH2-]CC(C[CH2-])CN1CCOCC1(C)C.[CH3-].[CH3-].[Li+].[Li+]. The van der Waals surface area contributed by atoms with Crippen molar-refractivity contribution in [2.75, 3.05) is 31.0 Å². The number of anilines is 1. The Balaban J connectivity index is -0.000000612. The van der Waals surface area contributed by atoms with Crippen LogP contribution in [0.1, 0.15) is 26.7 Å². The van der Waals surface area contributed by atoms with Gasteiger partial charge in [-0.3, -0.25) is 4.90 Å². The Morgan fingerprint density at radius 1 is 1.16 bits per heavy atom. The Morgan fingerprint density at radius 3 is 2.21 bits per heavy atom. The van der Waals surface area contributed by atoms with Crippen molar-refractivity contribution in [3.8, 4) is 0 Å². The minimum atomic E-state index is -3.88. The van der Waals surface area contributed by atoms with E-state index in [4.69, 9.17) is 9.52 Å². The molecule has 1 aliphatic rings. The molecule has 0 aromatic heterocycles. The third kappa shape index (κ3) is 13.0. The molecule has 1 heterocycles. The molecule has 2 aromatic rings. The minimum Gasteiger partial charge on any atom is -0.440 e. The standard InChI is InChI=1S/C12H9FN2O3S2.C12H23NO.2CH3.2Li/c13-9-2-1-3-10(8-9)15-20(17,18)12-6-4-11(5-7-12)19(14)16;1-5-11(6-2)9-13-7-8-14-10-12(13,3)4;;;;/h1-7,14-15H;11H,1-2,5-10H2,3-4H3;2*1H3;;/q2*-2;2*-1;2*+1. The van der Waals surface area contributed by atoms with Gasteiger partial charge in [0, 0.05) is 17.9 Å². The summed E-state index contributed by atoms with van der Waals surface area (Å²) < 4.78 is 62.6. The van der Waals surface area contributed by atoms with Crippen molar-refractivity contribution in [1.29, 1.82) is 4.78 Å². The summed E-state index contributed by atoms with van der Waals surface area (Å²) in [5, 5.41) is 0. The molecule has 2 N–H and O–H groups in total. The molecule has 1 saturated heterocycles. The van der Waals surface area contributed by atoms with E-state index >= 15 is 0 Å². The van der Waals surface area contributed by atoms with Crippen LogP contribution in [0, 0.1) is 51.3 Å². The Kier molecular flexibility index (Phi) is 21.2. The zero-order valence-electron chi connectivity index (χ0n) is 23.6. The average molecular weight is 554 g/mol. The van der Waals surface area contributed by atoms with Crippen molar-refractivity contribution in [3.05, 3.63) is 83.0 Å². The second-order valence-electron chi connectivity index (χ2n) is 8.51. The smallest absolute Gasteiger partial charge is 0.440 e. The molecule has 0 saturated carbocycles. The number of ether oxygens (including phenoxy) is 1. The number of nitrogens with zero attached hydrogens (tertiary/aromatic N) is 1. The monoisotopic (exact) mass is 553 g/mol. The molecule has 2 aromatic carbocycles. The van der Waals surface area contributed by atoms with Crippen molar-refractivity contribution in [2.45, 2.75) is 42.0 Å². The molecule has 206 valence electrons. The third-order valence-electron chi connectivity index (χ3n) is 5.46. The molecule has 0 aliphatic carbocycles. The van der Waals surface area contributed by atoms with Crippen LogP contribution in [0.15, 0.2) is 52.3 Å². The molecule has 0 unspecified atom stereocenters. The number of morpholine rings is 1. The van der Waals surface area contributed by atoms with Gasteiger partial charge in [-0.1, -0.05) is 28.6 Å². The molecule has 0 radical (unpaired) electrons. The van der Waals surface area contributed by atoms with Gasteiger partial charge in [0.25, 0.3) is 10.0 Å². The maximum absolute atomic E-state index is 12.9. The fraction of sp³-hybridized carbons (Fsp3) is 0.385. The van der Waals surface area contributed by atoms with Crippen LogP contribution in [0.4, 0.5) is 10.1 Å². The van der Waals surface area contributed by atoms with Gasteiger partial charge in [-0.05, 0) is 32.5 Å². The zero-order chi connectivity index (χ0) is 25.4. The van der Waals surface area contributed by atoms with E-state index in [2.05, 4.69) is 43.4 Å². The molecule has 1 fully saturated rings. The van der Waals surface area contributed by atoms with Crippen LogP contribution in [0.3, 0.4) is 0 Å². The quantitative estimate of drug-likeness (QED) is 0.263. The Labute approximate surface area is 256 Å². The van der Waals surface area contributed by atoms with Gasteiger partial charge in [0.05, 0.1) is 18.1 Å². The summed E-state index contributed by atoms with van der Waals surface area (Å²) >= 11 is 0. The molecule has 0 spiro atoms. The van der Waals surface area contributed by atoms with E-state index in [-0.39, 0.29) is 73.6 Å². The van der Waals surface area contributed by atoms with E-state index in [1.54, 1.807) is 0 Å². The first-order valence-electron chi connectivity index (χ1n) is 10.8. The summed E-state index contributed by atoms with van der Waals surface area (Å²) in [6, 6.07) is 11.1. The van der Waals surface area contributed by atoms with E-state index in [0.29, 0.717) is 5.92 Å². The van der Waals surface area contributed by atoms with E-state index in [9.17, 15) is 17.0 Å². The number of halogens is 1. The number of hydrogen-bond donors (Lipinski definition) is 2. The van der Waals surface area contributed by atoms with Gasteiger partial charge in [-0.2, -0.15) is 29.5 Å². The van der Waals surface area contributed by atoms with Crippen LogP contribution in [0.5, 0.6) is 0 Å². The van der Waals surface area contributed by atoms with Crippen molar-refractivity contribution in [3.63, 3.8) is 0 Å². The minimum absolute atomic E-state index is 0. The predicted octanol–water partition coefficient (Wildman–Crippen LogP) is -0.418. The van der Waals surface area contributed by atoms with Gasteiger partial charge < -0.3 is 47.1 Å². The van der Waals surface area contributed by atoms with Gasteiger partial charge in [0.1, 0.15) is 0 Å². The Hall–Kier alpha value is -0.815. The number of sulfonamides is 1. The second-order valence-corrected chi connectivity index (χ2v) is 11.2. The summed E-state index contributed by atoms with van der Waals surface area (Å²) in [4.78, 5) is 2.63. The molecule has 3 rings (SSSR count). The number of rotatable bonds is 8. The molecule has 0 atom stereocenters. The second kappa shape index (κ2) is 19.3. The largest absolute Gasteiger partial charge is 1.00 e. The van der Waals surface area contributed by atoms with Crippen LogP contribution in [0.2, 0.25) is 0 Å². The van der Waals surface area contributed by atoms with Crippen molar-refractivity contribution in [2.24, 2.45) is 5.92 Å². The van der Waals surface area contributed by atoms with Crippen LogP contribution in [0.25, 0.3) is 0 Å². The molecule has 7 nitrogen and oxygen atoms in total. The molecule has 0 amide bonds. The maximum atomic E-state index is 12.9. The zero-order valence-corrected chi connectivity index (χ0v) is 25.2. The average Bonchev–Trinajstić information content (AvgIpc) is 2.78. The number of hydrogen-bond acceptors (Lipinski definition) is 7. The van der Waals surface area contributed by atoms with E-state index in [0.717, 1.165) is 45.2 Å². The maximum Gasteiger partial charge on any atom is 1.00 e. The Morgan fingerprint density at radius 2 is 1.74 bits per heavy atom. The van der Waals surface area contributed by atoms with Crippen LogP contribution in [-0.2, 0) is 29.6 Å². The van der Waals surface area contributed by atoms with Crippen molar-refractivity contribution >= 4 is 26.3 Å². The third-order valence-corrected chi connectivity index (χ3v) is 7.55. The Bertz CT molecular complexity index is 1100. The fourth-order valence-corrected chi connectivity index (χ4v) is 4.72. The fourth-order valence-electron chi connectivity index (χ4n) is 3.31. The first-order valence-corrected chi connectivity index (χ1v) is 13.5. The van der Waals surface area contributed by atoms with Gasteiger partial charge in [-0.25, -0.2) is 12.8 Å². The summed E-state index contributed by atoms with van der Waals surface area (Å²) in [6.45, 7) is 16.3. The summed E-state index contributed by atoms with van der Waals surface area (Å²) in [5.74, 6) is -0.0440. The van der Waals surface area contributed by atoms with Crippen molar-refractivity contribution < 1.29 is 59.5 Å². The van der Waals surface area contributed by atoms with E-state index in [1.807, 2.05) is 0 Å². The first-order chi connectivity index (χ1) is 16.0. The van der Waals surface area contributed by atoms with Gasteiger partial charge in [-0.15, -0.1) is 18.2 Å². The molecule has 38 heavy (non-hydrogen) atoms. The van der Waals surface area contributed by atoms with Gasteiger partial charge in [0.2, 0.25) is 0 Å². The topological polar surface area (TPSA) is 99.6 Å². The van der Waals surface area contributed by atoms with E-state index < -0.39 is 26.4 Å². The van der Waals surface area contributed by atoms with Crippen LogP contribution in [-0.4, -0.2) is 45.2 Å².